The molecule has 4 nitrogen and oxygen atoms in total. The van der Waals surface area contributed by atoms with E-state index in [-0.39, 0.29) is 18.5 Å². The Kier molecular flexibility index (Phi) is 3.16. The topological polar surface area (TPSA) is 52.1 Å². The monoisotopic (exact) mass is 186 g/mol. The zero-order valence-corrected chi connectivity index (χ0v) is 7.80. The standard InChI is InChI=1S/C7H10N2O2S/c1-5(2)7(10)11-3-6-9-8-4-12-6/h4-5H,3H2,1-2H3. The second-order valence-corrected chi connectivity index (χ2v) is 3.51. The van der Waals surface area contributed by atoms with Crippen molar-refractivity contribution in [3.05, 3.63) is 10.5 Å². The minimum atomic E-state index is -0.204. The van der Waals surface area contributed by atoms with Crippen LogP contribution in [0.5, 0.6) is 0 Å². The molecule has 0 fully saturated rings. The van der Waals surface area contributed by atoms with Gasteiger partial charge in [-0.2, -0.15) is 0 Å². The molecule has 0 unspecified atom stereocenters. The van der Waals surface area contributed by atoms with Crippen LogP contribution in [0.3, 0.4) is 0 Å². The van der Waals surface area contributed by atoms with E-state index in [1.807, 2.05) is 0 Å². The molecule has 0 saturated carbocycles. The molecular formula is C7H10N2O2S. The first kappa shape index (κ1) is 9.12. The highest BCUT2D eigenvalue weighted by atomic mass is 32.1. The summed E-state index contributed by atoms with van der Waals surface area (Å²) in [4.78, 5) is 11.0. The van der Waals surface area contributed by atoms with Crippen LogP contribution >= 0.6 is 11.3 Å². The second-order valence-electron chi connectivity index (χ2n) is 2.59. The van der Waals surface area contributed by atoms with Gasteiger partial charge in [-0.05, 0) is 0 Å². The Balaban J connectivity index is 2.32. The maximum Gasteiger partial charge on any atom is 0.308 e. The van der Waals surface area contributed by atoms with Crippen LogP contribution in [0.2, 0.25) is 0 Å². The van der Waals surface area contributed by atoms with Crippen molar-refractivity contribution in [2.75, 3.05) is 0 Å². The first-order valence-corrected chi connectivity index (χ1v) is 4.50. The molecule has 0 spiro atoms. The van der Waals surface area contributed by atoms with Crippen molar-refractivity contribution in [1.29, 1.82) is 0 Å². The largest absolute Gasteiger partial charge is 0.458 e. The molecule has 0 radical (unpaired) electrons. The fraction of sp³-hybridized carbons (Fsp3) is 0.571. The highest BCUT2D eigenvalue weighted by molar-refractivity contribution is 7.09. The number of hydrogen-bond acceptors (Lipinski definition) is 5. The van der Waals surface area contributed by atoms with Gasteiger partial charge in [-0.15, -0.1) is 21.5 Å². The molecule has 0 aliphatic rings. The van der Waals surface area contributed by atoms with Crippen molar-refractivity contribution < 1.29 is 9.53 Å². The minimum absolute atomic E-state index is 0.0853. The van der Waals surface area contributed by atoms with Gasteiger partial charge in [-0.1, -0.05) is 13.8 Å². The predicted molar refractivity (Wildman–Crippen MR) is 44.5 cm³/mol. The van der Waals surface area contributed by atoms with Crippen molar-refractivity contribution in [1.82, 2.24) is 10.2 Å². The maximum absolute atomic E-state index is 11.0. The molecule has 1 heterocycles. The summed E-state index contributed by atoms with van der Waals surface area (Å²) in [6.45, 7) is 3.83. The van der Waals surface area contributed by atoms with Crippen LogP contribution < -0.4 is 0 Å². The van der Waals surface area contributed by atoms with Crippen molar-refractivity contribution >= 4 is 17.3 Å². The smallest absolute Gasteiger partial charge is 0.308 e. The van der Waals surface area contributed by atoms with Crippen LogP contribution in [0, 0.1) is 5.92 Å². The quantitative estimate of drug-likeness (QED) is 0.666. The first-order valence-electron chi connectivity index (χ1n) is 3.62. The van der Waals surface area contributed by atoms with Gasteiger partial charge in [0.15, 0.2) is 5.01 Å². The van der Waals surface area contributed by atoms with Crippen molar-refractivity contribution in [2.45, 2.75) is 20.5 Å². The molecule has 0 atom stereocenters. The van der Waals surface area contributed by atoms with Gasteiger partial charge in [-0.3, -0.25) is 4.79 Å². The Morgan fingerprint density at radius 2 is 2.50 bits per heavy atom. The number of ether oxygens (including phenoxy) is 1. The van der Waals surface area contributed by atoms with Crippen LogP contribution in [0.25, 0.3) is 0 Å². The Bertz CT molecular complexity index is 246. The lowest BCUT2D eigenvalue weighted by molar-refractivity contribution is -0.148. The summed E-state index contributed by atoms with van der Waals surface area (Å²) in [7, 11) is 0. The normalized spacial score (nSPS) is 10.2. The third-order valence-corrected chi connectivity index (χ3v) is 1.89. The van der Waals surface area contributed by atoms with E-state index in [9.17, 15) is 4.79 Å². The molecule has 1 aromatic rings. The molecule has 0 aliphatic carbocycles. The summed E-state index contributed by atoms with van der Waals surface area (Å²) in [5.74, 6) is -0.289. The van der Waals surface area contributed by atoms with Crippen LogP contribution in [-0.2, 0) is 16.1 Å². The van der Waals surface area contributed by atoms with Crippen molar-refractivity contribution in [3.63, 3.8) is 0 Å². The first-order chi connectivity index (χ1) is 5.70. The molecule has 0 amide bonds. The van der Waals surface area contributed by atoms with Crippen LogP contribution in [0.15, 0.2) is 5.51 Å². The molecule has 0 bridgehead atoms. The van der Waals surface area contributed by atoms with Gasteiger partial charge in [0.25, 0.3) is 0 Å². The Morgan fingerprint density at radius 3 is 3.00 bits per heavy atom. The van der Waals surface area contributed by atoms with E-state index in [4.69, 9.17) is 4.74 Å². The lowest BCUT2D eigenvalue weighted by Crippen LogP contribution is -2.11. The molecule has 0 N–H and O–H groups in total. The third-order valence-electron chi connectivity index (χ3n) is 1.21. The molecule has 0 aliphatic heterocycles. The minimum Gasteiger partial charge on any atom is -0.458 e. The summed E-state index contributed by atoms with van der Waals surface area (Å²) in [5.41, 5.74) is 1.61. The second kappa shape index (κ2) is 4.15. The van der Waals surface area contributed by atoms with Gasteiger partial charge in [-0.25, -0.2) is 0 Å². The molecule has 66 valence electrons. The Labute approximate surface area is 74.6 Å². The summed E-state index contributed by atoms with van der Waals surface area (Å²) in [5, 5.41) is 8.09. The highest BCUT2D eigenvalue weighted by Crippen LogP contribution is 2.05. The number of carbonyl (C=O) groups excluding carboxylic acids is 1. The lowest BCUT2D eigenvalue weighted by atomic mass is 10.2. The predicted octanol–water partition coefficient (Wildman–Crippen LogP) is 1.24. The summed E-state index contributed by atoms with van der Waals surface area (Å²) in [6, 6.07) is 0. The number of esters is 1. The van der Waals surface area contributed by atoms with Gasteiger partial charge < -0.3 is 4.74 Å². The molecule has 0 saturated heterocycles. The van der Waals surface area contributed by atoms with Gasteiger partial charge in [0.05, 0.1) is 5.92 Å². The van der Waals surface area contributed by atoms with Crippen LogP contribution in [0.1, 0.15) is 18.9 Å². The SMILES string of the molecule is CC(C)C(=O)OCc1nncs1. The Hall–Kier alpha value is -0.970. The molecule has 0 aromatic carbocycles. The van der Waals surface area contributed by atoms with Crippen LogP contribution in [0.4, 0.5) is 0 Å². The number of rotatable bonds is 3. The number of carbonyl (C=O) groups is 1. The summed E-state index contributed by atoms with van der Waals surface area (Å²) in [6.07, 6.45) is 0. The van der Waals surface area contributed by atoms with E-state index in [1.54, 1.807) is 19.4 Å². The van der Waals surface area contributed by atoms with Crippen molar-refractivity contribution in [2.24, 2.45) is 5.92 Å². The van der Waals surface area contributed by atoms with Crippen LogP contribution in [-0.4, -0.2) is 16.2 Å². The molecule has 5 heteroatoms. The number of hydrogen-bond donors (Lipinski definition) is 0. The zero-order valence-electron chi connectivity index (χ0n) is 6.98. The molecular weight excluding hydrogens is 176 g/mol. The van der Waals surface area contributed by atoms with Crippen molar-refractivity contribution in [3.8, 4) is 0 Å². The van der Waals surface area contributed by atoms with Gasteiger partial charge in [0, 0.05) is 0 Å². The average molecular weight is 186 g/mol. The number of nitrogens with zero attached hydrogens (tertiary/aromatic N) is 2. The maximum atomic E-state index is 11.0. The molecule has 1 aromatic heterocycles. The van der Waals surface area contributed by atoms with E-state index in [0.29, 0.717) is 0 Å². The van der Waals surface area contributed by atoms with E-state index in [0.717, 1.165) is 5.01 Å². The molecule has 12 heavy (non-hydrogen) atoms. The number of aromatic nitrogens is 2. The van der Waals surface area contributed by atoms with Gasteiger partial charge in [0.2, 0.25) is 0 Å². The lowest BCUT2D eigenvalue weighted by Gasteiger charge is -2.03. The zero-order chi connectivity index (χ0) is 8.97. The highest BCUT2D eigenvalue weighted by Gasteiger charge is 2.08. The Morgan fingerprint density at radius 1 is 1.75 bits per heavy atom. The summed E-state index contributed by atoms with van der Waals surface area (Å²) >= 11 is 1.38. The van der Waals surface area contributed by atoms with E-state index in [1.165, 1.54) is 11.3 Å². The fourth-order valence-electron chi connectivity index (χ4n) is 0.558. The average Bonchev–Trinajstić information content (AvgIpc) is 2.51. The van der Waals surface area contributed by atoms with E-state index >= 15 is 0 Å². The van der Waals surface area contributed by atoms with E-state index < -0.39 is 0 Å². The fourth-order valence-corrected chi connectivity index (χ4v) is 0.996. The summed E-state index contributed by atoms with van der Waals surface area (Å²) < 4.78 is 4.92. The van der Waals surface area contributed by atoms with E-state index in [2.05, 4.69) is 10.2 Å². The third kappa shape index (κ3) is 2.58. The van der Waals surface area contributed by atoms with Gasteiger partial charge in [0.1, 0.15) is 12.1 Å². The molecule has 1 rings (SSSR count). The van der Waals surface area contributed by atoms with Gasteiger partial charge >= 0.3 is 5.97 Å².